The van der Waals surface area contributed by atoms with Gasteiger partial charge in [0.25, 0.3) is 0 Å². The van der Waals surface area contributed by atoms with Gasteiger partial charge in [-0.3, -0.25) is 0 Å². The van der Waals surface area contributed by atoms with Crippen LogP contribution >= 0.6 is 0 Å². The molecule has 14 heavy (non-hydrogen) atoms. The van der Waals surface area contributed by atoms with E-state index in [1.807, 2.05) is 17.8 Å². The molecule has 2 rings (SSSR count). The predicted molar refractivity (Wildman–Crippen MR) is 48.3 cm³/mol. The van der Waals surface area contributed by atoms with E-state index in [1.54, 1.807) is 13.3 Å². The molecule has 1 atom stereocenters. The van der Waals surface area contributed by atoms with Gasteiger partial charge in [0.1, 0.15) is 6.04 Å². The zero-order valence-electron chi connectivity index (χ0n) is 8.01. The number of aromatic nitrogens is 4. The monoisotopic (exact) mass is 193 g/mol. The molecular formula is C8H11N5O. The highest BCUT2D eigenvalue weighted by atomic mass is 16.5. The standard InChI is InChI=1S/C8H11N5O/c1-5-11-8(12-14-5)7(9)6-3-13(2)4-10-6/h3-4,7H,9H2,1-2H3. The van der Waals surface area contributed by atoms with E-state index in [0.29, 0.717) is 11.7 Å². The second-order valence-electron chi connectivity index (χ2n) is 3.11. The summed E-state index contributed by atoms with van der Waals surface area (Å²) in [5.41, 5.74) is 6.61. The van der Waals surface area contributed by atoms with Crippen LogP contribution in [-0.2, 0) is 7.05 Å². The summed E-state index contributed by atoms with van der Waals surface area (Å²) < 4.78 is 6.66. The lowest BCUT2D eigenvalue weighted by Gasteiger charge is -2.00. The molecule has 0 aromatic carbocycles. The van der Waals surface area contributed by atoms with Crippen molar-refractivity contribution in [2.24, 2.45) is 12.8 Å². The first-order valence-corrected chi connectivity index (χ1v) is 4.20. The first kappa shape index (κ1) is 8.89. The third-order valence-electron chi connectivity index (χ3n) is 1.86. The van der Waals surface area contributed by atoms with Crippen LogP contribution in [-0.4, -0.2) is 19.7 Å². The average Bonchev–Trinajstić information content (AvgIpc) is 2.73. The smallest absolute Gasteiger partial charge is 0.223 e. The number of nitrogens with zero attached hydrogens (tertiary/aromatic N) is 4. The van der Waals surface area contributed by atoms with Crippen LogP contribution in [0.4, 0.5) is 0 Å². The molecule has 0 bridgehead atoms. The fraction of sp³-hybridized carbons (Fsp3) is 0.375. The first-order chi connectivity index (χ1) is 6.66. The van der Waals surface area contributed by atoms with Crippen LogP contribution < -0.4 is 5.73 Å². The zero-order valence-corrected chi connectivity index (χ0v) is 8.01. The van der Waals surface area contributed by atoms with Crippen molar-refractivity contribution in [3.63, 3.8) is 0 Å². The van der Waals surface area contributed by atoms with Gasteiger partial charge in [-0.05, 0) is 0 Å². The van der Waals surface area contributed by atoms with Crippen LogP contribution in [0.3, 0.4) is 0 Å². The summed E-state index contributed by atoms with van der Waals surface area (Å²) in [5, 5.41) is 3.74. The van der Waals surface area contributed by atoms with E-state index in [1.165, 1.54) is 0 Å². The van der Waals surface area contributed by atoms with E-state index in [-0.39, 0.29) is 0 Å². The van der Waals surface area contributed by atoms with Crippen molar-refractivity contribution in [2.45, 2.75) is 13.0 Å². The molecule has 2 aromatic heterocycles. The number of nitrogens with two attached hydrogens (primary N) is 1. The van der Waals surface area contributed by atoms with Crippen LogP contribution in [0.25, 0.3) is 0 Å². The Bertz CT molecular complexity index is 392. The zero-order chi connectivity index (χ0) is 10.1. The predicted octanol–water partition coefficient (Wildman–Crippen LogP) is 0.160. The normalized spacial score (nSPS) is 13.1. The van der Waals surface area contributed by atoms with E-state index in [0.717, 1.165) is 5.69 Å². The maximum atomic E-state index is 5.88. The van der Waals surface area contributed by atoms with Gasteiger partial charge in [0.2, 0.25) is 5.89 Å². The van der Waals surface area contributed by atoms with Gasteiger partial charge in [-0.1, -0.05) is 5.16 Å². The lowest BCUT2D eigenvalue weighted by molar-refractivity contribution is 0.385. The van der Waals surface area contributed by atoms with Gasteiger partial charge in [0, 0.05) is 20.2 Å². The Morgan fingerprint density at radius 2 is 2.36 bits per heavy atom. The van der Waals surface area contributed by atoms with Crippen molar-refractivity contribution in [1.29, 1.82) is 0 Å². The minimum absolute atomic E-state index is 0.423. The molecule has 74 valence electrons. The van der Waals surface area contributed by atoms with Gasteiger partial charge < -0.3 is 14.8 Å². The van der Waals surface area contributed by atoms with Gasteiger partial charge in [-0.25, -0.2) is 4.98 Å². The van der Waals surface area contributed by atoms with Crippen LogP contribution in [0.15, 0.2) is 17.0 Å². The molecule has 2 N–H and O–H groups in total. The summed E-state index contributed by atoms with van der Waals surface area (Å²) in [5.74, 6) is 0.965. The molecule has 6 nitrogen and oxygen atoms in total. The molecule has 0 amide bonds. The summed E-state index contributed by atoms with van der Waals surface area (Å²) in [4.78, 5) is 8.16. The minimum atomic E-state index is -0.423. The Morgan fingerprint density at radius 3 is 2.86 bits per heavy atom. The average molecular weight is 193 g/mol. The molecule has 6 heteroatoms. The Balaban J connectivity index is 2.28. The minimum Gasteiger partial charge on any atom is -0.340 e. The maximum absolute atomic E-state index is 5.88. The fourth-order valence-corrected chi connectivity index (χ4v) is 1.17. The lowest BCUT2D eigenvalue weighted by atomic mass is 10.2. The molecule has 0 saturated carbocycles. The van der Waals surface area contributed by atoms with Gasteiger partial charge in [0.15, 0.2) is 5.82 Å². The highest BCUT2D eigenvalue weighted by molar-refractivity contribution is 5.12. The Kier molecular flexibility index (Phi) is 2.05. The van der Waals surface area contributed by atoms with Gasteiger partial charge in [0.05, 0.1) is 12.0 Å². The number of hydrogen-bond donors (Lipinski definition) is 1. The summed E-state index contributed by atoms with van der Waals surface area (Å²) in [6, 6.07) is -0.423. The molecule has 0 spiro atoms. The number of aryl methyl sites for hydroxylation is 2. The summed E-state index contributed by atoms with van der Waals surface area (Å²) >= 11 is 0. The molecule has 0 aliphatic carbocycles. The third-order valence-corrected chi connectivity index (χ3v) is 1.86. The van der Waals surface area contributed by atoms with Crippen molar-refractivity contribution < 1.29 is 4.52 Å². The van der Waals surface area contributed by atoms with Crippen molar-refractivity contribution >= 4 is 0 Å². The largest absolute Gasteiger partial charge is 0.340 e. The quantitative estimate of drug-likeness (QED) is 0.734. The molecule has 1 unspecified atom stereocenters. The Morgan fingerprint density at radius 1 is 1.57 bits per heavy atom. The van der Waals surface area contributed by atoms with Crippen molar-refractivity contribution in [2.75, 3.05) is 0 Å². The molecule has 0 saturated heterocycles. The summed E-state index contributed by atoms with van der Waals surface area (Å²) in [6.07, 6.45) is 3.51. The maximum Gasteiger partial charge on any atom is 0.223 e. The Labute approximate surface area is 80.7 Å². The molecule has 0 radical (unpaired) electrons. The molecule has 2 aromatic rings. The highest BCUT2D eigenvalue weighted by Gasteiger charge is 2.16. The van der Waals surface area contributed by atoms with Gasteiger partial charge >= 0.3 is 0 Å². The molecule has 2 heterocycles. The van der Waals surface area contributed by atoms with E-state index in [2.05, 4.69) is 15.1 Å². The topological polar surface area (TPSA) is 82.8 Å². The number of imidazole rings is 1. The Hall–Kier alpha value is -1.69. The first-order valence-electron chi connectivity index (χ1n) is 4.20. The molecule has 0 aliphatic rings. The van der Waals surface area contributed by atoms with E-state index in [4.69, 9.17) is 10.3 Å². The van der Waals surface area contributed by atoms with Crippen LogP contribution in [0.1, 0.15) is 23.5 Å². The SMILES string of the molecule is Cc1nc(C(N)c2cn(C)cn2)no1. The van der Waals surface area contributed by atoms with E-state index in [9.17, 15) is 0 Å². The van der Waals surface area contributed by atoms with Crippen LogP contribution in [0.5, 0.6) is 0 Å². The number of rotatable bonds is 2. The molecule has 0 aliphatic heterocycles. The molecule has 0 fully saturated rings. The fourth-order valence-electron chi connectivity index (χ4n) is 1.17. The highest BCUT2D eigenvalue weighted by Crippen LogP contribution is 2.13. The van der Waals surface area contributed by atoms with E-state index >= 15 is 0 Å². The third kappa shape index (κ3) is 1.51. The second kappa shape index (κ2) is 3.22. The van der Waals surface area contributed by atoms with Crippen LogP contribution in [0.2, 0.25) is 0 Å². The lowest BCUT2D eigenvalue weighted by Crippen LogP contribution is -2.14. The second-order valence-corrected chi connectivity index (χ2v) is 3.11. The van der Waals surface area contributed by atoms with Gasteiger partial charge in [-0.15, -0.1) is 0 Å². The van der Waals surface area contributed by atoms with Crippen molar-refractivity contribution in [1.82, 2.24) is 19.7 Å². The van der Waals surface area contributed by atoms with Crippen LogP contribution in [0, 0.1) is 6.92 Å². The summed E-state index contributed by atoms with van der Waals surface area (Å²) in [7, 11) is 1.88. The number of hydrogen-bond acceptors (Lipinski definition) is 5. The van der Waals surface area contributed by atoms with Crippen molar-refractivity contribution in [3.8, 4) is 0 Å². The van der Waals surface area contributed by atoms with Crippen molar-refractivity contribution in [3.05, 3.63) is 29.9 Å². The summed E-state index contributed by atoms with van der Waals surface area (Å²) in [6.45, 7) is 1.72. The molecular weight excluding hydrogens is 182 g/mol. The van der Waals surface area contributed by atoms with Gasteiger partial charge in [-0.2, -0.15) is 4.98 Å². The van der Waals surface area contributed by atoms with E-state index < -0.39 is 6.04 Å².